The maximum atomic E-state index is 12.1. The number of carbonyl (C=O) groups excluding carboxylic acids is 1. The van der Waals surface area contributed by atoms with E-state index < -0.39 is 0 Å². The molecule has 1 aromatic carbocycles. The number of benzene rings is 1. The molecule has 0 bridgehead atoms. The van der Waals surface area contributed by atoms with E-state index in [1.807, 2.05) is 48.7 Å². The van der Waals surface area contributed by atoms with Crippen LogP contribution >= 0.6 is 0 Å². The third kappa shape index (κ3) is 4.25. The third-order valence-electron chi connectivity index (χ3n) is 4.55. The molecule has 1 fully saturated rings. The number of para-hydroxylation sites is 1. The van der Waals surface area contributed by atoms with Gasteiger partial charge in [0.2, 0.25) is 0 Å². The van der Waals surface area contributed by atoms with Gasteiger partial charge in [-0.05, 0) is 37.1 Å². The summed E-state index contributed by atoms with van der Waals surface area (Å²) < 4.78 is 1.79. The van der Waals surface area contributed by atoms with Gasteiger partial charge in [0.05, 0.1) is 23.8 Å². The van der Waals surface area contributed by atoms with E-state index in [1.54, 1.807) is 17.1 Å². The molecule has 7 nitrogen and oxygen atoms in total. The molecular weight excluding hydrogens is 340 g/mol. The topological polar surface area (TPSA) is 75.1 Å². The van der Waals surface area contributed by atoms with E-state index in [9.17, 15) is 4.79 Å². The van der Waals surface area contributed by atoms with Gasteiger partial charge < -0.3 is 15.5 Å². The molecule has 2 N–H and O–H groups in total. The molecule has 0 atom stereocenters. The first kappa shape index (κ1) is 17.1. The molecule has 7 heteroatoms. The maximum Gasteiger partial charge on any atom is 0.319 e. The quantitative estimate of drug-likeness (QED) is 0.731. The lowest BCUT2D eigenvalue weighted by molar-refractivity contribution is 0.251. The predicted molar refractivity (Wildman–Crippen MR) is 105 cm³/mol. The fourth-order valence-corrected chi connectivity index (χ4v) is 3.12. The summed E-state index contributed by atoms with van der Waals surface area (Å²) in [5.41, 5.74) is 2.59. The number of rotatable bonds is 5. The van der Waals surface area contributed by atoms with Gasteiger partial charge in [0.15, 0.2) is 0 Å². The zero-order valence-corrected chi connectivity index (χ0v) is 15.0. The summed E-state index contributed by atoms with van der Waals surface area (Å²) in [4.78, 5) is 18.8. The molecule has 0 aliphatic carbocycles. The van der Waals surface area contributed by atoms with Crippen molar-refractivity contribution in [3.8, 4) is 5.69 Å². The molecule has 0 spiro atoms. The fourth-order valence-electron chi connectivity index (χ4n) is 3.12. The van der Waals surface area contributed by atoms with Crippen LogP contribution in [0, 0.1) is 0 Å². The summed E-state index contributed by atoms with van der Waals surface area (Å²) in [6.45, 7) is 2.51. The molecule has 0 radical (unpaired) electrons. The van der Waals surface area contributed by atoms with E-state index in [1.165, 1.54) is 12.8 Å². The van der Waals surface area contributed by atoms with Gasteiger partial charge in [-0.3, -0.25) is 0 Å². The Balaban J connectivity index is 1.29. The Hall–Kier alpha value is -3.35. The summed E-state index contributed by atoms with van der Waals surface area (Å²) >= 11 is 0. The van der Waals surface area contributed by atoms with Crippen LogP contribution < -0.4 is 15.5 Å². The second-order valence-electron chi connectivity index (χ2n) is 6.54. The van der Waals surface area contributed by atoms with Crippen molar-refractivity contribution < 1.29 is 4.79 Å². The highest BCUT2D eigenvalue weighted by Crippen LogP contribution is 2.19. The number of nitrogens with one attached hydrogen (secondary N) is 2. The maximum absolute atomic E-state index is 12.1. The minimum atomic E-state index is -0.266. The van der Waals surface area contributed by atoms with Crippen LogP contribution in [0.15, 0.2) is 61.1 Å². The average Bonchev–Trinajstić information content (AvgIpc) is 3.40. The molecule has 27 heavy (non-hydrogen) atoms. The molecule has 0 unspecified atom stereocenters. The van der Waals surface area contributed by atoms with Crippen LogP contribution in [0.3, 0.4) is 0 Å². The Morgan fingerprint density at radius 3 is 2.59 bits per heavy atom. The molecule has 1 saturated heterocycles. The first-order valence-corrected chi connectivity index (χ1v) is 9.13. The number of amides is 2. The fraction of sp³-hybridized carbons (Fsp3) is 0.250. The number of aromatic nitrogens is 3. The van der Waals surface area contributed by atoms with Crippen LogP contribution in [0.1, 0.15) is 18.4 Å². The third-order valence-corrected chi connectivity index (χ3v) is 4.55. The van der Waals surface area contributed by atoms with Gasteiger partial charge in [-0.1, -0.05) is 18.2 Å². The molecule has 4 rings (SSSR count). The first-order chi connectivity index (χ1) is 13.3. The van der Waals surface area contributed by atoms with Gasteiger partial charge >= 0.3 is 6.03 Å². The lowest BCUT2D eigenvalue weighted by Gasteiger charge is -2.16. The summed E-state index contributed by atoms with van der Waals surface area (Å²) in [5, 5.41) is 9.98. The van der Waals surface area contributed by atoms with Crippen molar-refractivity contribution in [3.05, 3.63) is 66.6 Å². The molecule has 1 aliphatic rings. The zero-order chi connectivity index (χ0) is 18.5. The van der Waals surface area contributed by atoms with Crippen molar-refractivity contribution in [1.82, 2.24) is 20.1 Å². The molecular formula is C20H22N6O. The Labute approximate surface area is 158 Å². The smallest absolute Gasteiger partial charge is 0.319 e. The highest BCUT2D eigenvalue weighted by molar-refractivity contribution is 5.89. The van der Waals surface area contributed by atoms with Gasteiger partial charge in [-0.2, -0.15) is 5.10 Å². The van der Waals surface area contributed by atoms with E-state index in [0.717, 1.165) is 30.2 Å². The highest BCUT2D eigenvalue weighted by atomic mass is 16.2. The number of hydrogen-bond donors (Lipinski definition) is 2. The number of nitrogens with zero attached hydrogens (tertiary/aromatic N) is 4. The Kier molecular flexibility index (Phi) is 5.00. The Morgan fingerprint density at radius 1 is 1.04 bits per heavy atom. The SMILES string of the molecule is O=C(NCc1cnn(-c2ccccc2)c1)Nc1ccc(N2CCCC2)nc1. The second-order valence-corrected chi connectivity index (χ2v) is 6.54. The Morgan fingerprint density at radius 2 is 1.85 bits per heavy atom. The highest BCUT2D eigenvalue weighted by Gasteiger charge is 2.13. The van der Waals surface area contributed by atoms with Crippen molar-refractivity contribution in [2.75, 3.05) is 23.3 Å². The molecule has 3 aromatic rings. The lowest BCUT2D eigenvalue weighted by Crippen LogP contribution is -2.28. The van der Waals surface area contributed by atoms with E-state index in [2.05, 4.69) is 25.6 Å². The Bertz CT molecular complexity index is 884. The van der Waals surface area contributed by atoms with Gasteiger partial charge in [0.1, 0.15) is 5.82 Å². The number of carbonyl (C=O) groups is 1. The number of urea groups is 1. The molecule has 2 amide bonds. The standard InChI is InChI=1S/C20H22N6O/c27-20(24-17-8-9-19(21-14-17)25-10-4-5-11-25)22-12-16-13-23-26(15-16)18-6-2-1-3-7-18/h1-3,6-9,13-15H,4-5,10-12H2,(H2,22,24,27). The van der Waals surface area contributed by atoms with Gasteiger partial charge in [0.25, 0.3) is 0 Å². The normalized spacial score (nSPS) is 13.6. The van der Waals surface area contributed by atoms with Crippen LogP contribution in [0.4, 0.5) is 16.3 Å². The van der Waals surface area contributed by atoms with Crippen molar-refractivity contribution in [1.29, 1.82) is 0 Å². The van der Waals surface area contributed by atoms with E-state index in [4.69, 9.17) is 0 Å². The van der Waals surface area contributed by atoms with Crippen molar-refractivity contribution in [3.63, 3.8) is 0 Å². The second kappa shape index (κ2) is 7.90. The molecule has 3 heterocycles. The zero-order valence-electron chi connectivity index (χ0n) is 15.0. The first-order valence-electron chi connectivity index (χ1n) is 9.13. The lowest BCUT2D eigenvalue weighted by atomic mass is 10.3. The predicted octanol–water partition coefficient (Wildman–Crippen LogP) is 3.19. The van der Waals surface area contributed by atoms with Gasteiger partial charge in [0, 0.05) is 31.4 Å². The summed E-state index contributed by atoms with van der Waals surface area (Å²) in [6.07, 6.45) is 7.78. The number of hydrogen-bond acceptors (Lipinski definition) is 4. The minimum absolute atomic E-state index is 0.266. The minimum Gasteiger partial charge on any atom is -0.357 e. The van der Waals surface area contributed by atoms with Crippen LogP contribution in [0.25, 0.3) is 5.69 Å². The van der Waals surface area contributed by atoms with Crippen LogP contribution in [0.5, 0.6) is 0 Å². The molecule has 0 saturated carbocycles. The van der Waals surface area contributed by atoms with Crippen molar-refractivity contribution in [2.24, 2.45) is 0 Å². The van der Waals surface area contributed by atoms with Crippen molar-refractivity contribution in [2.45, 2.75) is 19.4 Å². The van der Waals surface area contributed by atoms with Crippen LogP contribution in [-0.4, -0.2) is 33.9 Å². The van der Waals surface area contributed by atoms with E-state index in [-0.39, 0.29) is 6.03 Å². The average molecular weight is 362 g/mol. The summed E-state index contributed by atoms with van der Waals surface area (Å²) in [5.74, 6) is 0.965. The number of pyridine rings is 1. The largest absolute Gasteiger partial charge is 0.357 e. The number of anilines is 2. The van der Waals surface area contributed by atoms with Crippen LogP contribution in [0.2, 0.25) is 0 Å². The van der Waals surface area contributed by atoms with Gasteiger partial charge in [-0.15, -0.1) is 0 Å². The summed E-state index contributed by atoms with van der Waals surface area (Å²) in [7, 11) is 0. The van der Waals surface area contributed by atoms with Crippen LogP contribution in [-0.2, 0) is 6.54 Å². The monoisotopic (exact) mass is 362 g/mol. The van der Waals surface area contributed by atoms with Crippen molar-refractivity contribution >= 4 is 17.5 Å². The van der Waals surface area contributed by atoms with E-state index in [0.29, 0.717) is 12.2 Å². The van der Waals surface area contributed by atoms with E-state index >= 15 is 0 Å². The summed E-state index contributed by atoms with van der Waals surface area (Å²) in [6, 6.07) is 13.4. The molecule has 1 aliphatic heterocycles. The van der Waals surface area contributed by atoms with Gasteiger partial charge in [-0.25, -0.2) is 14.5 Å². The molecule has 138 valence electrons. The molecule has 2 aromatic heterocycles.